The molecule has 0 spiro atoms. The highest BCUT2D eigenvalue weighted by Gasteiger charge is 2.27. The average molecular weight is 441 g/mol. The van der Waals surface area contributed by atoms with Crippen LogP contribution in [0.25, 0.3) is 16.9 Å². The Morgan fingerprint density at radius 1 is 1.03 bits per heavy atom. The van der Waals surface area contributed by atoms with Crippen LogP contribution in [0.1, 0.15) is 28.8 Å². The van der Waals surface area contributed by atoms with Crippen LogP contribution in [0, 0.1) is 0 Å². The van der Waals surface area contributed by atoms with Crippen LogP contribution in [0.5, 0.6) is 0 Å². The monoisotopic (exact) mass is 440 g/mol. The average Bonchev–Trinajstić information content (AvgIpc) is 3.45. The molecule has 0 saturated carbocycles. The number of amides is 1. The van der Waals surface area contributed by atoms with Gasteiger partial charge in [-0.05, 0) is 48.7 Å². The zero-order valence-corrected chi connectivity index (χ0v) is 18.0. The molecule has 33 heavy (non-hydrogen) atoms. The van der Waals surface area contributed by atoms with Gasteiger partial charge in [0.15, 0.2) is 0 Å². The van der Waals surface area contributed by atoms with Gasteiger partial charge in [-0.1, -0.05) is 12.1 Å². The summed E-state index contributed by atoms with van der Waals surface area (Å²) in [5.74, 6) is 0.590. The number of rotatable bonds is 4. The Bertz CT molecular complexity index is 1340. The number of fused-ring (bicyclic) bond motifs is 2. The topological polar surface area (TPSA) is 94.8 Å². The molecule has 0 atom stereocenters. The van der Waals surface area contributed by atoms with E-state index in [2.05, 4.69) is 25.5 Å². The molecule has 0 radical (unpaired) electrons. The number of aromatic nitrogens is 3. The number of carbonyl (C=O) groups excluding carboxylic acids is 1. The third kappa shape index (κ3) is 3.48. The lowest BCUT2D eigenvalue weighted by Gasteiger charge is -2.31. The minimum atomic E-state index is -0.202. The Hall–Kier alpha value is -3.91. The fraction of sp³-hybridized carbons (Fsp3) is 0.240. The van der Waals surface area contributed by atoms with E-state index in [1.54, 1.807) is 0 Å². The van der Waals surface area contributed by atoms with E-state index in [0.717, 1.165) is 59.8 Å². The first-order valence-electron chi connectivity index (χ1n) is 11.2. The molecule has 2 aliphatic heterocycles. The molecule has 5 heterocycles. The zero-order valence-electron chi connectivity index (χ0n) is 18.0. The summed E-state index contributed by atoms with van der Waals surface area (Å²) in [6.45, 7) is 2.13. The van der Waals surface area contributed by atoms with E-state index in [0.29, 0.717) is 17.9 Å². The van der Waals surface area contributed by atoms with E-state index in [4.69, 9.17) is 0 Å². The summed E-state index contributed by atoms with van der Waals surface area (Å²) in [6.07, 6.45) is 7.02. The van der Waals surface area contributed by atoms with Crippen molar-refractivity contribution in [2.45, 2.75) is 25.5 Å². The first-order valence-corrected chi connectivity index (χ1v) is 11.2. The highest BCUT2D eigenvalue weighted by atomic mass is 16.3. The lowest BCUT2D eigenvalue weighted by Crippen LogP contribution is -2.35. The number of nitrogens with zero attached hydrogens (tertiary/aromatic N) is 4. The van der Waals surface area contributed by atoms with Crippen molar-refractivity contribution < 1.29 is 9.90 Å². The maximum absolute atomic E-state index is 12.7. The van der Waals surface area contributed by atoms with Crippen LogP contribution in [0.2, 0.25) is 0 Å². The number of aliphatic hydroxyl groups is 1. The first kappa shape index (κ1) is 19.8. The lowest BCUT2D eigenvalue weighted by molar-refractivity contribution is 0.0966. The highest BCUT2D eigenvalue weighted by Crippen LogP contribution is 2.35. The second-order valence-corrected chi connectivity index (χ2v) is 8.51. The molecule has 1 aromatic carbocycles. The lowest BCUT2D eigenvalue weighted by atomic mass is 9.99. The molecule has 1 amide bonds. The van der Waals surface area contributed by atoms with E-state index < -0.39 is 0 Å². The van der Waals surface area contributed by atoms with Crippen LogP contribution in [-0.2, 0) is 6.54 Å². The van der Waals surface area contributed by atoms with Gasteiger partial charge in [0, 0.05) is 31.4 Å². The molecule has 1 fully saturated rings. The van der Waals surface area contributed by atoms with Crippen molar-refractivity contribution in [3.63, 3.8) is 0 Å². The van der Waals surface area contributed by atoms with Crippen molar-refractivity contribution in [3.05, 3.63) is 72.2 Å². The van der Waals surface area contributed by atoms with Gasteiger partial charge in [-0.15, -0.1) is 0 Å². The number of nitrogens with one attached hydrogen (secondary N) is 2. The molecule has 166 valence electrons. The van der Waals surface area contributed by atoms with Gasteiger partial charge in [0.1, 0.15) is 11.5 Å². The van der Waals surface area contributed by atoms with Crippen molar-refractivity contribution in [2.24, 2.45) is 0 Å². The largest absolute Gasteiger partial charge is 0.393 e. The Kier molecular flexibility index (Phi) is 4.73. The van der Waals surface area contributed by atoms with Crippen LogP contribution in [0.3, 0.4) is 0 Å². The second-order valence-electron chi connectivity index (χ2n) is 8.51. The molecule has 0 aliphatic carbocycles. The Morgan fingerprint density at radius 3 is 2.73 bits per heavy atom. The Balaban J connectivity index is 1.31. The van der Waals surface area contributed by atoms with Crippen LogP contribution in [0.15, 0.2) is 61.1 Å². The van der Waals surface area contributed by atoms with Crippen LogP contribution in [-0.4, -0.2) is 44.6 Å². The standard InChI is InChI=1S/C25H24N6O2/c32-17-8-11-30(12-9-17)16-4-7-22(26-13-16)29-20-6-5-18(19-14-28-25(33)24(19)20)21-15-27-23-3-1-2-10-31(21)23/h1-7,10,13,15,17,32H,8-9,11-12,14H2,(H,26,29)(H,28,33). The maximum atomic E-state index is 12.7. The van der Waals surface area contributed by atoms with Crippen molar-refractivity contribution in [1.82, 2.24) is 19.7 Å². The highest BCUT2D eigenvalue weighted by molar-refractivity contribution is 6.06. The molecule has 1 saturated heterocycles. The minimum absolute atomic E-state index is 0.0911. The van der Waals surface area contributed by atoms with E-state index in [1.165, 1.54) is 0 Å². The SMILES string of the molecule is O=C1NCc2c(-c3cnc4ccccn34)ccc(Nc3ccc(N4CCC(O)CC4)cn3)c21. The number of imidazole rings is 1. The Morgan fingerprint density at radius 2 is 1.91 bits per heavy atom. The maximum Gasteiger partial charge on any atom is 0.254 e. The number of benzene rings is 1. The molecular formula is C25H24N6O2. The fourth-order valence-corrected chi connectivity index (χ4v) is 4.73. The van der Waals surface area contributed by atoms with Gasteiger partial charge in [0.2, 0.25) is 0 Å². The van der Waals surface area contributed by atoms with Crippen molar-refractivity contribution >= 4 is 28.7 Å². The summed E-state index contributed by atoms with van der Waals surface area (Å²) in [6, 6.07) is 13.8. The zero-order chi connectivity index (χ0) is 22.4. The third-order valence-electron chi connectivity index (χ3n) is 6.50. The van der Waals surface area contributed by atoms with Crippen molar-refractivity contribution in [3.8, 4) is 11.3 Å². The van der Waals surface area contributed by atoms with Crippen molar-refractivity contribution in [2.75, 3.05) is 23.3 Å². The summed E-state index contributed by atoms with van der Waals surface area (Å²) >= 11 is 0. The molecule has 4 aromatic rings. The molecule has 3 aromatic heterocycles. The summed E-state index contributed by atoms with van der Waals surface area (Å²) < 4.78 is 2.03. The molecule has 8 heteroatoms. The normalized spacial score (nSPS) is 16.2. The van der Waals surface area contributed by atoms with Crippen LogP contribution in [0.4, 0.5) is 17.2 Å². The van der Waals surface area contributed by atoms with Gasteiger partial charge in [-0.25, -0.2) is 9.97 Å². The molecule has 2 aliphatic rings. The number of anilines is 3. The van der Waals surface area contributed by atoms with Gasteiger partial charge in [0.25, 0.3) is 5.91 Å². The van der Waals surface area contributed by atoms with E-state index in [9.17, 15) is 9.90 Å². The van der Waals surface area contributed by atoms with E-state index in [-0.39, 0.29) is 12.0 Å². The molecule has 8 nitrogen and oxygen atoms in total. The van der Waals surface area contributed by atoms with Gasteiger partial charge < -0.3 is 20.6 Å². The smallest absolute Gasteiger partial charge is 0.254 e. The fourth-order valence-electron chi connectivity index (χ4n) is 4.73. The second kappa shape index (κ2) is 7.90. The molecular weight excluding hydrogens is 416 g/mol. The van der Waals surface area contributed by atoms with E-state index in [1.807, 2.05) is 65.5 Å². The number of pyridine rings is 2. The van der Waals surface area contributed by atoms with Gasteiger partial charge >= 0.3 is 0 Å². The minimum Gasteiger partial charge on any atom is -0.393 e. The van der Waals surface area contributed by atoms with Gasteiger partial charge in [-0.3, -0.25) is 9.20 Å². The quantitative estimate of drug-likeness (QED) is 0.451. The summed E-state index contributed by atoms with van der Waals surface area (Å²) in [4.78, 5) is 24.0. The number of carbonyl (C=O) groups is 1. The summed E-state index contributed by atoms with van der Waals surface area (Å²) in [7, 11) is 0. The van der Waals surface area contributed by atoms with Crippen molar-refractivity contribution in [1.29, 1.82) is 0 Å². The van der Waals surface area contributed by atoms with Gasteiger partial charge in [-0.2, -0.15) is 0 Å². The third-order valence-corrected chi connectivity index (χ3v) is 6.50. The predicted octanol–water partition coefficient (Wildman–Crippen LogP) is 3.34. The Labute approximate surface area is 190 Å². The number of hydrogen-bond donors (Lipinski definition) is 3. The molecule has 0 unspecified atom stereocenters. The van der Waals surface area contributed by atoms with Gasteiger partial charge in [0.05, 0.1) is 41.1 Å². The number of hydrogen-bond acceptors (Lipinski definition) is 6. The van der Waals surface area contributed by atoms with Crippen LogP contribution < -0.4 is 15.5 Å². The predicted molar refractivity (Wildman–Crippen MR) is 127 cm³/mol. The van der Waals surface area contributed by atoms with E-state index >= 15 is 0 Å². The number of aliphatic hydroxyl groups excluding tert-OH is 1. The first-order chi connectivity index (χ1) is 16.2. The molecule has 0 bridgehead atoms. The van der Waals surface area contributed by atoms with Crippen LogP contribution >= 0.6 is 0 Å². The summed E-state index contributed by atoms with van der Waals surface area (Å²) in [5, 5.41) is 16.0. The number of piperidine rings is 1. The molecule has 3 N–H and O–H groups in total. The summed E-state index contributed by atoms with van der Waals surface area (Å²) in [5.41, 5.74) is 6.20. The molecule has 6 rings (SSSR count).